The van der Waals surface area contributed by atoms with Crippen LogP contribution in [0.15, 0.2) is 48.8 Å². The lowest BCUT2D eigenvalue weighted by Gasteiger charge is -2.03. The number of pyridine rings is 1. The zero-order valence-electron chi connectivity index (χ0n) is 10.4. The summed E-state index contributed by atoms with van der Waals surface area (Å²) in [6.45, 7) is 0. The number of hydrogen-bond donors (Lipinski definition) is 1. The van der Waals surface area contributed by atoms with Gasteiger partial charge in [-0.2, -0.15) is 0 Å². The van der Waals surface area contributed by atoms with E-state index in [9.17, 15) is 9.90 Å². The summed E-state index contributed by atoms with van der Waals surface area (Å²) < 4.78 is 5.06. The van der Waals surface area contributed by atoms with Gasteiger partial charge >= 0.3 is 5.97 Å². The minimum Gasteiger partial charge on any atom is -0.497 e. The van der Waals surface area contributed by atoms with Gasteiger partial charge in [-0.25, -0.2) is 4.79 Å². The van der Waals surface area contributed by atoms with E-state index in [4.69, 9.17) is 4.74 Å². The summed E-state index contributed by atoms with van der Waals surface area (Å²) in [6, 6.07) is 10.6. The summed E-state index contributed by atoms with van der Waals surface area (Å²) in [7, 11) is 1.59. The van der Waals surface area contributed by atoms with Crippen molar-refractivity contribution in [2.75, 3.05) is 7.11 Å². The smallest absolute Gasteiger partial charge is 0.336 e. The van der Waals surface area contributed by atoms with Crippen molar-refractivity contribution >= 4 is 17.6 Å². The number of nitrogens with zero attached hydrogens (tertiary/aromatic N) is 1. The maximum Gasteiger partial charge on any atom is 0.336 e. The molecule has 4 nitrogen and oxygen atoms in total. The molecule has 0 saturated carbocycles. The van der Waals surface area contributed by atoms with E-state index in [0.717, 1.165) is 11.3 Å². The van der Waals surface area contributed by atoms with Crippen LogP contribution in [0.5, 0.6) is 5.75 Å². The van der Waals surface area contributed by atoms with Crippen LogP contribution in [0.25, 0.3) is 11.6 Å². The Morgan fingerprint density at radius 3 is 2.53 bits per heavy atom. The average Bonchev–Trinajstić information content (AvgIpc) is 2.46. The van der Waals surface area contributed by atoms with Crippen LogP contribution in [-0.2, 0) is 4.79 Å². The molecule has 0 aliphatic rings. The zero-order valence-corrected chi connectivity index (χ0v) is 10.4. The molecule has 0 fully saturated rings. The summed E-state index contributed by atoms with van der Waals surface area (Å²) in [5, 5.41) is 9.27. The van der Waals surface area contributed by atoms with Crippen LogP contribution >= 0.6 is 0 Å². The van der Waals surface area contributed by atoms with Crippen molar-refractivity contribution < 1.29 is 14.6 Å². The van der Waals surface area contributed by atoms with Gasteiger partial charge in [-0.1, -0.05) is 18.2 Å². The van der Waals surface area contributed by atoms with Crippen LogP contribution in [0.2, 0.25) is 0 Å². The third kappa shape index (κ3) is 3.19. The van der Waals surface area contributed by atoms with Crippen molar-refractivity contribution in [3.8, 4) is 5.75 Å². The molecular formula is C15H13NO3. The maximum absolute atomic E-state index is 11.3. The molecule has 0 aliphatic carbocycles. The summed E-state index contributed by atoms with van der Waals surface area (Å²) in [6.07, 6.45) is 4.75. The Balaban J connectivity index is 2.38. The lowest BCUT2D eigenvalue weighted by atomic mass is 10.0. The normalized spacial score (nSPS) is 11.1. The van der Waals surface area contributed by atoms with Gasteiger partial charge in [-0.3, -0.25) is 4.98 Å². The number of ether oxygens (including phenoxy) is 1. The van der Waals surface area contributed by atoms with Crippen molar-refractivity contribution in [1.82, 2.24) is 4.98 Å². The molecule has 0 amide bonds. The Hall–Kier alpha value is -2.62. The second-order valence-corrected chi connectivity index (χ2v) is 3.88. The van der Waals surface area contributed by atoms with Crippen LogP contribution in [0, 0.1) is 0 Å². The highest BCUT2D eigenvalue weighted by Gasteiger charge is 2.10. The zero-order chi connectivity index (χ0) is 13.7. The van der Waals surface area contributed by atoms with Gasteiger partial charge in [-0.15, -0.1) is 0 Å². The number of benzene rings is 1. The monoisotopic (exact) mass is 255 g/mol. The first-order chi connectivity index (χ1) is 9.20. The molecule has 2 rings (SSSR count). The number of aliphatic carboxylic acids is 1. The fourth-order valence-corrected chi connectivity index (χ4v) is 1.66. The van der Waals surface area contributed by atoms with Crippen molar-refractivity contribution in [3.63, 3.8) is 0 Å². The molecular weight excluding hydrogens is 242 g/mol. The SMILES string of the molecule is COc1ccc(/C=C(/C(=O)O)c2cccnc2)cc1. The van der Waals surface area contributed by atoms with Gasteiger partial charge in [0.1, 0.15) is 5.75 Å². The molecule has 4 heteroatoms. The number of hydrogen-bond acceptors (Lipinski definition) is 3. The number of carbonyl (C=O) groups is 1. The van der Waals surface area contributed by atoms with E-state index in [0.29, 0.717) is 5.56 Å². The fourth-order valence-electron chi connectivity index (χ4n) is 1.66. The molecule has 0 aliphatic heterocycles. The molecule has 96 valence electrons. The second-order valence-electron chi connectivity index (χ2n) is 3.88. The maximum atomic E-state index is 11.3. The number of carboxylic acids is 1. The number of methoxy groups -OCH3 is 1. The van der Waals surface area contributed by atoms with E-state index < -0.39 is 5.97 Å². The highest BCUT2D eigenvalue weighted by atomic mass is 16.5. The van der Waals surface area contributed by atoms with Gasteiger partial charge < -0.3 is 9.84 Å². The Bertz CT molecular complexity index is 589. The van der Waals surface area contributed by atoms with E-state index >= 15 is 0 Å². The van der Waals surface area contributed by atoms with Gasteiger partial charge in [0.15, 0.2) is 0 Å². The Morgan fingerprint density at radius 1 is 1.26 bits per heavy atom. The van der Waals surface area contributed by atoms with E-state index in [1.165, 1.54) is 6.20 Å². The number of carboxylic acid groups (broad SMARTS) is 1. The molecule has 1 aromatic carbocycles. The predicted octanol–water partition coefficient (Wildman–Crippen LogP) is 2.72. The third-order valence-electron chi connectivity index (χ3n) is 2.63. The first-order valence-corrected chi connectivity index (χ1v) is 5.70. The van der Waals surface area contributed by atoms with Crippen molar-refractivity contribution in [3.05, 3.63) is 59.9 Å². The molecule has 0 radical (unpaired) electrons. The fraction of sp³-hybridized carbons (Fsp3) is 0.0667. The average molecular weight is 255 g/mol. The minimum absolute atomic E-state index is 0.207. The highest BCUT2D eigenvalue weighted by molar-refractivity contribution is 6.20. The summed E-state index contributed by atoms with van der Waals surface area (Å²) in [5.74, 6) is -0.251. The van der Waals surface area contributed by atoms with Crippen LogP contribution in [0.4, 0.5) is 0 Å². The van der Waals surface area contributed by atoms with Gasteiger partial charge in [-0.05, 0) is 29.8 Å². The second kappa shape index (κ2) is 5.82. The van der Waals surface area contributed by atoms with E-state index in [1.807, 2.05) is 0 Å². The predicted molar refractivity (Wildman–Crippen MR) is 72.7 cm³/mol. The Morgan fingerprint density at radius 2 is 2.00 bits per heavy atom. The molecule has 1 heterocycles. The molecule has 1 N–H and O–H groups in total. The van der Waals surface area contributed by atoms with Gasteiger partial charge in [0.25, 0.3) is 0 Å². The summed E-state index contributed by atoms with van der Waals surface area (Å²) in [5.41, 5.74) is 1.58. The van der Waals surface area contributed by atoms with Crippen molar-refractivity contribution in [2.24, 2.45) is 0 Å². The molecule has 0 bridgehead atoms. The van der Waals surface area contributed by atoms with E-state index in [-0.39, 0.29) is 5.57 Å². The number of rotatable bonds is 4. The quantitative estimate of drug-likeness (QED) is 0.853. The topological polar surface area (TPSA) is 59.4 Å². The standard InChI is InChI=1S/C15H13NO3/c1-19-13-6-4-11(5-7-13)9-14(15(17)18)12-3-2-8-16-10-12/h2-10H,1H3,(H,17,18)/b14-9+. The molecule has 0 atom stereocenters. The lowest BCUT2D eigenvalue weighted by molar-refractivity contribution is -0.130. The first-order valence-electron chi connectivity index (χ1n) is 5.70. The molecule has 0 spiro atoms. The van der Waals surface area contributed by atoms with Crippen LogP contribution < -0.4 is 4.74 Å². The van der Waals surface area contributed by atoms with Gasteiger partial charge in [0.05, 0.1) is 12.7 Å². The Kier molecular flexibility index (Phi) is 3.93. The van der Waals surface area contributed by atoms with Crippen molar-refractivity contribution in [1.29, 1.82) is 0 Å². The first kappa shape index (κ1) is 12.8. The molecule has 19 heavy (non-hydrogen) atoms. The minimum atomic E-state index is -0.983. The molecule has 1 aromatic heterocycles. The number of aromatic nitrogens is 1. The highest BCUT2D eigenvalue weighted by Crippen LogP contribution is 2.19. The molecule has 0 unspecified atom stereocenters. The van der Waals surface area contributed by atoms with E-state index in [2.05, 4.69) is 4.98 Å². The Labute approximate surface area is 111 Å². The van der Waals surface area contributed by atoms with Crippen molar-refractivity contribution in [2.45, 2.75) is 0 Å². The lowest BCUT2D eigenvalue weighted by Crippen LogP contribution is -1.99. The largest absolute Gasteiger partial charge is 0.497 e. The van der Waals surface area contributed by atoms with E-state index in [1.54, 1.807) is 55.8 Å². The molecule has 0 saturated heterocycles. The summed E-state index contributed by atoms with van der Waals surface area (Å²) >= 11 is 0. The third-order valence-corrected chi connectivity index (χ3v) is 2.63. The summed E-state index contributed by atoms with van der Waals surface area (Å²) in [4.78, 5) is 15.2. The van der Waals surface area contributed by atoms with Gasteiger partial charge in [0.2, 0.25) is 0 Å². The molecule has 2 aromatic rings. The van der Waals surface area contributed by atoms with Gasteiger partial charge in [0, 0.05) is 18.0 Å². The van der Waals surface area contributed by atoms with Crippen LogP contribution in [0.3, 0.4) is 0 Å². The van der Waals surface area contributed by atoms with Crippen LogP contribution in [0.1, 0.15) is 11.1 Å². The van der Waals surface area contributed by atoms with Crippen LogP contribution in [-0.4, -0.2) is 23.2 Å².